The standard InChI is InChI=1S/C31H36GeOSi/c1-31(2,3)24-22-28(30(33)29(23-24)34(4,5)6)32(25-16-10-7-11-17-25,26-18-12-8-13-19-26)27-20-14-9-15-21-27/h7-23,33H,1-6H3. The summed E-state index contributed by atoms with van der Waals surface area (Å²) >= 11 is -3.54. The van der Waals surface area contributed by atoms with Gasteiger partial charge < -0.3 is 0 Å². The summed E-state index contributed by atoms with van der Waals surface area (Å²) in [6.07, 6.45) is 0. The van der Waals surface area contributed by atoms with Gasteiger partial charge in [-0.05, 0) is 0 Å². The van der Waals surface area contributed by atoms with E-state index in [4.69, 9.17) is 0 Å². The van der Waals surface area contributed by atoms with Crippen molar-refractivity contribution in [3.63, 3.8) is 0 Å². The second-order valence-corrected chi connectivity index (χ2v) is 24.2. The fourth-order valence-corrected chi connectivity index (χ4v) is 16.9. The van der Waals surface area contributed by atoms with E-state index in [-0.39, 0.29) is 5.41 Å². The van der Waals surface area contributed by atoms with Gasteiger partial charge in [-0.2, -0.15) is 0 Å². The van der Waals surface area contributed by atoms with E-state index in [0.29, 0.717) is 5.75 Å². The van der Waals surface area contributed by atoms with Crippen LogP contribution in [0.4, 0.5) is 0 Å². The Kier molecular flexibility index (Phi) is 6.67. The third-order valence-corrected chi connectivity index (χ3v) is 18.8. The first kappa shape index (κ1) is 24.6. The van der Waals surface area contributed by atoms with Gasteiger partial charge in [0.2, 0.25) is 0 Å². The molecule has 0 aromatic heterocycles. The average molecular weight is 525 g/mol. The molecule has 4 aromatic rings. The molecule has 0 bridgehead atoms. The molecule has 1 nitrogen and oxygen atoms in total. The summed E-state index contributed by atoms with van der Waals surface area (Å²) in [7, 11) is -1.82. The van der Waals surface area contributed by atoms with Crippen LogP contribution in [0.1, 0.15) is 26.3 Å². The van der Waals surface area contributed by atoms with Crippen LogP contribution in [0.2, 0.25) is 19.6 Å². The van der Waals surface area contributed by atoms with Crippen LogP contribution in [-0.4, -0.2) is 26.4 Å². The Labute approximate surface area is 208 Å². The van der Waals surface area contributed by atoms with Crippen molar-refractivity contribution in [1.82, 2.24) is 0 Å². The Bertz CT molecular complexity index is 1160. The number of aromatic hydroxyl groups is 1. The summed E-state index contributed by atoms with van der Waals surface area (Å²) in [5.74, 6) is 0.517. The van der Waals surface area contributed by atoms with Crippen LogP contribution in [0.25, 0.3) is 0 Å². The molecular formula is C31H36GeOSi. The third kappa shape index (κ3) is 4.41. The molecule has 1 N–H and O–H groups in total. The predicted molar refractivity (Wildman–Crippen MR) is 153 cm³/mol. The minimum absolute atomic E-state index is 0.0190. The number of hydrogen-bond donors (Lipinski definition) is 1. The molecule has 0 unspecified atom stereocenters. The van der Waals surface area contributed by atoms with Crippen molar-refractivity contribution in [2.24, 2.45) is 0 Å². The van der Waals surface area contributed by atoms with Gasteiger partial charge in [0.05, 0.1) is 0 Å². The van der Waals surface area contributed by atoms with Crippen LogP contribution in [-0.2, 0) is 5.41 Å². The predicted octanol–water partition coefficient (Wildman–Crippen LogP) is 4.61. The summed E-state index contributed by atoms with van der Waals surface area (Å²) in [4.78, 5) is 0. The van der Waals surface area contributed by atoms with Crippen molar-refractivity contribution in [2.45, 2.75) is 45.8 Å². The van der Waals surface area contributed by atoms with Crippen molar-refractivity contribution in [1.29, 1.82) is 0 Å². The van der Waals surface area contributed by atoms with Gasteiger partial charge >= 0.3 is 209 Å². The molecule has 0 aliphatic carbocycles. The normalized spacial score (nSPS) is 12.5. The summed E-state index contributed by atoms with van der Waals surface area (Å²) in [6.45, 7) is 13.8. The molecule has 4 aromatic carbocycles. The summed E-state index contributed by atoms with van der Waals surface area (Å²) in [5, 5.41) is 13.3. The quantitative estimate of drug-likeness (QED) is 0.378. The number of hydrogen-bond acceptors (Lipinski definition) is 1. The molecule has 0 heterocycles. The van der Waals surface area contributed by atoms with E-state index < -0.39 is 21.3 Å². The number of rotatable bonds is 5. The van der Waals surface area contributed by atoms with Crippen LogP contribution < -0.4 is 22.8 Å². The van der Waals surface area contributed by atoms with E-state index >= 15 is 0 Å². The van der Waals surface area contributed by atoms with Crippen molar-refractivity contribution in [2.75, 3.05) is 0 Å². The second-order valence-electron chi connectivity index (χ2n) is 11.3. The zero-order chi connectivity index (χ0) is 24.6. The maximum atomic E-state index is 12.1. The first-order valence-electron chi connectivity index (χ1n) is 12.1. The first-order valence-corrected chi connectivity index (χ1v) is 19.8. The van der Waals surface area contributed by atoms with Gasteiger partial charge in [0.25, 0.3) is 0 Å². The molecule has 0 spiro atoms. The molecule has 174 valence electrons. The van der Waals surface area contributed by atoms with E-state index in [9.17, 15) is 5.11 Å². The van der Waals surface area contributed by atoms with Crippen LogP contribution in [0.3, 0.4) is 0 Å². The Balaban J connectivity index is 2.25. The van der Waals surface area contributed by atoms with Gasteiger partial charge in [-0.25, -0.2) is 0 Å². The zero-order valence-electron chi connectivity index (χ0n) is 21.3. The molecule has 0 amide bonds. The van der Waals surface area contributed by atoms with Gasteiger partial charge in [-0.1, -0.05) is 0 Å². The molecule has 4 rings (SSSR count). The van der Waals surface area contributed by atoms with Crippen molar-refractivity contribution in [3.8, 4) is 5.75 Å². The molecule has 3 heteroatoms. The minimum atomic E-state index is -3.54. The Morgan fingerprint density at radius 2 is 1.00 bits per heavy atom. The molecule has 34 heavy (non-hydrogen) atoms. The van der Waals surface area contributed by atoms with E-state index in [1.165, 1.54) is 18.8 Å². The Morgan fingerprint density at radius 3 is 1.32 bits per heavy atom. The average Bonchev–Trinajstić information content (AvgIpc) is 2.81. The topological polar surface area (TPSA) is 20.2 Å². The molecule has 0 fully saturated rings. The fourth-order valence-electron chi connectivity index (χ4n) is 4.96. The second kappa shape index (κ2) is 9.24. The maximum absolute atomic E-state index is 12.1. The van der Waals surface area contributed by atoms with Gasteiger partial charge in [-0.3, -0.25) is 0 Å². The van der Waals surface area contributed by atoms with Crippen LogP contribution in [0.5, 0.6) is 5.75 Å². The van der Waals surface area contributed by atoms with E-state index in [1.54, 1.807) is 0 Å². The molecule has 0 radical (unpaired) electrons. The fraction of sp³-hybridized carbons (Fsp3) is 0.226. The van der Waals surface area contributed by atoms with Crippen LogP contribution in [0, 0.1) is 0 Å². The van der Waals surface area contributed by atoms with E-state index in [0.717, 1.165) is 9.58 Å². The number of phenols is 1. The molecular weight excluding hydrogens is 489 g/mol. The Hall–Kier alpha value is -2.56. The molecule has 0 aliphatic heterocycles. The van der Waals surface area contributed by atoms with E-state index in [2.05, 4.69) is 144 Å². The van der Waals surface area contributed by atoms with Gasteiger partial charge in [0.15, 0.2) is 0 Å². The number of phenolic OH excluding ortho intramolecular Hbond substituents is 1. The Morgan fingerprint density at radius 1 is 0.618 bits per heavy atom. The monoisotopic (exact) mass is 526 g/mol. The summed E-state index contributed by atoms with van der Waals surface area (Å²) in [6, 6.07) is 37.4. The van der Waals surface area contributed by atoms with Gasteiger partial charge in [0.1, 0.15) is 0 Å². The van der Waals surface area contributed by atoms with Gasteiger partial charge in [-0.15, -0.1) is 0 Å². The third-order valence-electron chi connectivity index (χ3n) is 6.81. The summed E-state index contributed by atoms with van der Waals surface area (Å²) in [5.41, 5.74) is 1.28. The van der Waals surface area contributed by atoms with Crippen LogP contribution in [0.15, 0.2) is 103 Å². The molecule has 0 atom stereocenters. The van der Waals surface area contributed by atoms with Crippen molar-refractivity contribution >= 4 is 44.1 Å². The van der Waals surface area contributed by atoms with Crippen molar-refractivity contribution < 1.29 is 5.11 Å². The molecule has 0 saturated carbocycles. The van der Waals surface area contributed by atoms with Crippen molar-refractivity contribution in [3.05, 3.63) is 109 Å². The molecule has 0 saturated heterocycles. The van der Waals surface area contributed by atoms with Crippen LogP contribution >= 0.6 is 0 Å². The first-order chi connectivity index (χ1) is 16.1. The zero-order valence-corrected chi connectivity index (χ0v) is 24.4. The molecule has 0 aliphatic rings. The number of benzene rings is 4. The summed E-state index contributed by atoms with van der Waals surface area (Å²) < 4.78 is 5.15. The van der Waals surface area contributed by atoms with Gasteiger partial charge in [0, 0.05) is 0 Å². The van der Waals surface area contributed by atoms with E-state index in [1.807, 2.05) is 0 Å². The SMILES string of the molecule is CC(C)(C)c1cc([Si](C)(C)C)c(O)[c]([Ge]([c]2ccccc2)([c]2ccccc2)[c]2ccccc2)c1.